The number of anilines is 1. The fourth-order valence-electron chi connectivity index (χ4n) is 5.45. The number of hydrogen-bond donors (Lipinski definition) is 4. The SMILES string of the molecule is C=C(CC1CCNCC1)Nc1cncc(-c2cnc3n[nH]c(-c4cc5c(-c6ccsc6)ccnc5[nH]4)c3c2)c1. The number of thiophene rings is 1. The van der Waals surface area contributed by atoms with E-state index in [9.17, 15) is 0 Å². The second-order valence-corrected chi connectivity index (χ2v) is 10.9. The van der Waals surface area contributed by atoms with Gasteiger partial charge in [0.05, 0.1) is 23.3 Å². The molecule has 0 spiro atoms. The van der Waals surface area contributed by atoms with Gasteiger partial charge in [-0.3, -0.25) is 10.1 Å². The second-order valence-electron chi connectivity index (χ2n) is 10.1. The number of aromatic amines is 2. The fourth-order valence-corrected chi connectivity index (χ4v) is 6.11. The number of nitrogens with one attached hydrogen (secondary N) is 4. The summed E-state index contributed by atoms with van der Waals surface area (Å²) >= 11 is 1.69. The molecule has 6 aromatic rings. The Morgan fingerprint density at radius 1 is 1.00 bits per heavy atom. The molecule has 1 saturated heterocycles. The lowest BCUT2D eigenvalue weighted by atomic mass is 9.93. The highest BCUT2D eigenvalue weighted by Crippen LogP contribution is 2.35. The minimum Gasteiger partial charge on any atom is -0.358 e. The minimum atomic E-state index is 0.663. The largest absolute Gasteiger partial charge is 0.358 e. The first-order chi connectivity index (χ1) is 19.2. The van der Waals surface area contributed by atoms with Crippen LogP contribution in [0, 0.1) is 5.92 Å². The van der Waals surface area contributed by atoms with Gasteiger partial charge in [0.15, 0.2) is 5.65 Å². The normalized spacial score (nSPS) is 14.3. The van der Waals surface area contributed by atoms with Crippen LogP contribution in [-0.4, -0.2) is 43.2 Å². The highest BCUT2D eigenvalue weighted by molar-refractivity contribution is 7.08. The first-order valence-electron chi connectivity index (χ1n) is 13.2. The molecule has 1 aliphatic heterocycles. The van der Waals surface area contributed by atoms with E-state index in [-0.39, 0.29) is 0 Å². The van der Waals surface area contributed by atoms with Crippen molar-refractivity contribution in [3.8, 4) is 33.6 Å². The Balaban J connectivity index is 1.19. The molecule has 0 aliphatic carbocycles. The van der Waals surface area contributed by atoms with Crippen molar-refractivity contribution >= 4 is 39.1 Å². The van der Waals surface area contributed by atoms with Gasteiger partial charge in [-0.1, -0.05) is 6.58 Å². The Hall–Kier alpha value is -4.34. The molecule has 0 atom stereocenters. The van der Waals surface area contributed by atoms with Crippen molar-refractivity contribution in [3.05, 3.63) is 78.2 Å². The quantitative estimate of drug-likeness (QED) is 0.184. The molecule has 0 amide bonds. The molecule has 0 radical (unpaired) electrons. The summed E-state index contributed by atoms with van der Waals surface area (Å²) in [6.45, 7) is 6.45. The van der Waals surface area contributed by atoms with Gasteiger partial charge in [0.2, 0.25) is 0 Å². The Labute approximate surface area is 229 Å². The van der Waals surface area contributed by atoms with E-state index in [1.54, 1.807) is 11.3 Å². The van der Waals surface area contributed by atoms with Crippen molar-refractivity contribution in [1.82, 2.24) is 35.5 Å². The minimum absolute atomic E-state index is 0.663. The predicted molar refractivity (Wildman–Crippen MR) is 158 cm³/mol. The molecule has 1 aliphatic rings. The van der Waals surface area contributed by atoms with Crippen molar-refractivity contribution in [2.75, 3.05) is 18.4 Å². The molecule has 8 nitrogen and oxygen atoms in total. The Morgan fingerprint density at radius 3 is 2.77 bits per heavy atom. The maximum atomic E-state index is 4.64. The van der Waals surface area contributed by atoms with E-state index in [0.717, 1.165) is 75.4 Å². The van der Waals surface area contributed by atoms with E-state index in [2.05, 4.69) is 88.4 Å². The molecule has 194 valence electrons. The lowest BCUT2D eigenvalue weighted by Crippen LogP contribution is -2.28. The summed E-state index contributed by atoms with van der Waals surface area (Å²) in [5, 5.41) is 20.8. The van der Waals surface area contributed by atoms with Crippen LogP contribution in [0.15, 0.2) is 78.2 Å². The molecule has 4 N–H and O–H groups in total. The van der Waals surface area contributed by atoms with Gasteiger partial charge in [-0.05, 0) is 90.5 Å². The maximum absolute atomic E-state index is 4.64. The number of piperidine rings is 1. The summed E-state index contributed by atoms with van der Waals surface area (Å²) in [5.74, 6) is 0.676. The Kier molecular flexibility index (Phi) is 6.14. The van der Waals surface area contributed by atoms with Crippen molar-refractivity contribution in [1.29, 1.82) is 0 Å². The third kappa shape index (κ3) is 4.71. The van der Waals surface area contributed by atoms with Gasteiger partial charge in [-0.25, -0.2) is 9.97 Å². The average Bonchev–Trinajstić information content (AvgIpc) is 3.73. The highest BCUT2D eigenvalue weighted by atomic mass is 32.1. The van der Waals surface area contributed by atoms with Gasteiger partial charge in [0.25, 0.3) is 0 Å². The summed E-state index contributed by atoms with van der Waals surface area (Å²) in [6, 6.07) is 10.5. The zero-order valence-electron chi connectivity index (χ0n) is 21.4. The second kappa shape index (κ2) is 10.1. The van der Waals surface area contributed by atoms with Crippen molar-refractivity contribution < 1.29 is 0 Å². The number of allylic oxidation sites excluding steroid dienone is 1. The Morgan fingerprint density at radius 2 is 1.90 bits per heavy atom. The number of H-pyrrole nitrogens is 2. The van der Waals surface area contributed by atoms with Crippen molar-refractivity contribution in [2.45, 2.75) is 19.3 Å². The summed E-state index contributed by atoms with van der Waals surface area (Å²) < 4.78 is 0. The average molecular weight is 533 g/mol. The molecule has 7 rings (SSSR count). The summed E-state index contributed by atoms with van der Waals surface area (Å²) in [5.41, 5.74) is 9.56. The molecule has 7 heterocycles. The van der Waals surface area contributed by atoms with E-state index in [1.165, 1.54) is 18.4 Å². The highest BCUT2D eigenvalue weighted by Gasteiger charge is 2.17. The maximum Gasteiger partial charge on any atom is 0.181 e. The third-order valence-corrected chi connectivity index (χ3v) is 8.11. The van der Waals surface area contributed by atoms with Crippen LogP contribution in [0.25, 0.3) is 55.7 Å². The lowest BCUT2D eigenvalue weighted by molar-refractivity contribution is 0.373. The number of hydrogen-bond acceptors (Lipinski definition) is 7. The van der Waals surface area contributed by atoms with Crippen LogP contribution in [0.4, 0.5) is 5.69 Å². The molecule has 6 aromatic heterocycles. The number of rotatable bonds is 7. The first kappa shape index (κ1) is 23.8. The van der Waals surface area contributed by atoms with Gasteiger partial charge >= 0.3 is 0 Å². The summed E-state index contributed by atoms with van der Waals surface area (Å²) in [4.78, 5) is 17.2. The zero-order chi connectivity index (χ0) is 26.2. The van der Waals surface area contributed by atoms with Crippen molar-refractivity contribution in [3.63, 3.8) is 0 Å². The monoisotopic (exact) mass is 532 g/mol. The number of pyridine rings is 3. The molecule has 1 fully saturated rings. The smallest absolute Gasteiger partial charge is 0.181 e. The molecule has 0 saturated carbocycles. The number of fused-ring (bicyclic) bond motifs is 2. The number of nitrogens with zero attached hydrogens (tertiary/aromatic N) is 4. The fraction of sp³-hybridized carbons (Fsp3) is 0.200. The number of aromatic nitrogens is 6. The van der Waals surface area contributed by atoms with Crippen LogP contribution in [0.1, 0.15) is 19.3 Å². The van der Waals surface area contributed by atoms with Gasteiger partial charge < -0.3 is 15.6 Å². The van der Waals surface area contributed by atoms with E-state index in [4.69, 9.17) is 0 Å². The first-order valence-corrected chi connectivity index (χ1v) is 14.1. The van der Waals surface area contributed by atoms with Crippen molar-refractivity contribution in [2.24, 2.45) is 5.92 Å². The van der Waals surface area contributed by atoms with Crippen LogP contribution in [0.3, 0.4) is 0 Å². The third-order valence-electron chi connectivity index (χ3n) is 7.43. The molecular weight excluding hydrogens is 504 g/mol. The molecule has 0 bridgehead atoms. The zero-order valence-corrected chi connectivity index (χ0v) is 22.2. The van der Waals surface area contributed by atoms with E-state index in [0.29, 0.717) is 11.6 Å². The van der Waals surface area contributed by atoms with Gasteiger partial charge in [-0.2, -0.15) is 16.4 Å². The van der Waals surface area contributed by atoms with E-state index in [1.807, 2.05) is 24.8 Å². The standard InChI is InChI=1S/C30H28N8S/c1-18(10-19-2-6-31-7-3-19)35-23-11-21(14-32-16-23)22-12-26-28(37-38-30(26)34-15-22)27-13-25-24(20-5-9-39-17-20)4-8-33-29(25)36-27/h4-5,8-9,11-17,19,31,35H,1-3,6-7,10H2,(H,33,36)(H,34,37,38). The molecule has 39 heavy (non-hydrogen) atoms. The van der Waals surface area contributed by atoms with Crippen LogP contribution in [-0.2, 0) is 0 Å². The molecule has 0 unspecified atom stereocenters. The van der Waals surface area contributed by atoms with Gasteiger partial charge in [0.1, 0.15) is 5.65 Å². The lowest BCUT2D eigenvalue weighted by Gasteiger charge is -2.23. The molecular formula is C30H28N8S. The van der Waals surface area contributed by atoms with E-state index < -0.39 is 0 Å². The summed E-state index contributed by atoms with van der Waals surface area (Å²) in [7, 11) is 0. The van der Waals surface area contributed by atoms with E-state index >= 15 is 0 Å². The Bertz CT molecular complexity index is 1780. The van der Waals surface area contributed by atoms with Crippen LogP contribution < -0.4 is 10.6 Å². The van der Waals surface area contributed by atoms with Crippen LogP contribution in [0.2, 0.25) is 0 Å². The molecule has 9 heteroatoms. The summed E-state index contributed by atoms with van der Waals surface area (Å²) in [6.07, 6.45) is 10.8. The van der Waals surface area contributed by atoms with Gasteiger partial charge in [0, 0.05) is 46.2 Å². The predicted octanol–water partition coefficient (Wildman–Crippen LogP) is 6.61. The topological polar surface area (TPSA) is 107 Å². The molecule has 0 aromatic carbocycles. The van der Waals surface area contributed by atoms with Crippen LogP contribution >= 0.6 is 11.3 Å². The van der Waals surface area contributed by atoms with Gasteiger partial charge in [-0.15, -0.1) is 0 Å². The van der Waals surface area contributed by atoms with Crippen LogP contribution in [0.5, 0.6) is 0 Å².